The number of allylic oxidation sites excluding steroid dienone is 1. The molecular formula is C26H27N7O9S3+2. The van der Waals surface area contributed by atoms with Crippen LogP contribution in [0.5, 0.6) is 0 Å². The quantitative estimate of drug-likeness (QED) is 0.0464. The molecule has 16 nitrogen and oxygen atoms in total. The second kappa shape index (κ2) is 13.0. The molecule has 5 rings (SSSR count). The second-order valence-corrected chi connectivity index (χ2v) is 12.7. The van der Waals surface area contributed by atoms with Crippen LogP contribution in [0.15, 0.2) is 75.0 Å². The van der Waals surface area contributed by atoms with E-state index in [0.29, 0.717) is 17.9 Å². The zero-order chi connectivity index (χ0) is 32.5. The number of nitrogens with two attached hydrogens (primary N) is 1. The highest BCUT2D eigenvalue weighted by Gasteiger charge is 2.55. The fourth-order valence-electron chi connectivity index (χ4n) is 4.74. The highest BCUT2D eigenvalue weighted by atomic mass is 32.2. The first-order valence-electron chi connectivity index (χ1n) is 13.0. The van der Waals surface area contributed by atoms with Crippen LogP contribution >= 0.6 is 34.9 Å². The summed E-state index contributed by atoms with van der Waals surface area (Å²) < 4.78 is 0.347. The number of thioether (sulfide) groups is 2. The number of amides is 2. The number of nitrogens with one attached hydrogen (secondary N) is 1. The summed E-state index contributed by atoms with van der Waals surface area (Å²) in [6.45, 7) is 0.446. The van der Waals surface area contributed by atoms with Gasteiger partial charge in [0, 0.05) is 28.5 Å². The van der Waals surface area contributed by atoms with Gasteiger partial charge in [-0.15, -0.1) is 23.5 Å². The molecule has 0 spiro atoms. The van der Waals surface area contributed by atoms with Gasteiger partial charge in [0.25, 0.3) is 17.6 Å². The number of rotatable bonds is 11. The van der Waals surface area contributed by atoms with E-state index < -0.39 is 56.8 Å². The number of hydrogen-bond acceptors (Lipinski definition) is 14. The van der Waals surface area contributed by atoms with Crippen LogP contribution in [0.25, 0.3) is 0 Å². The van der Waals surface area contributed by atoms with Gasteiger partial charge in [-0.05, 0) is 5.57 Å². The van der Waals surface area contributed by atoms with E-state index in [1.54, 1.807) is 17.0 Å². The number of carboxylic acid groups (broad SMARTS) is 1. The maximum atomic E-state index is 13.5. The van der Waals surface area contributed by atoms with E-state index in [0.717, 1.165) is 40.5 Å². The van der Waals surface area contributed by atoms with Crippen molar-refractivity contribution in [3.63, 3.8) is 0 Å². The number of nitrogen functional groups attached to an aromatic ring is 1. The molecule has 1 fully saturated rings. The number of aliphatic carboxylic acids is 1. The number of nitrogens with zero attached hydrogens (tertiary/aromatic N) is 5. The van der Waals surface area contributed by atoms with Crippen molar-refractivity contribution in [3.8, 4) is 0 Å². The van der Waals surface area contributed by atoms with Gasteiger partial charge in [0.2, 0.25) is 23.0 Å². The van der Waals surface area contributed by atoms with Crippen molar-refractivity contribution in [1.82, 2.24) is 19.8 Å². The number of thiazole rings is 1. The molecule has 0 aliphatic carbocycles. The third-order valence-electron chi connectivity index (χ3n) is 6.86. The van der Waals surface area contributed by atoms with E-state index >= 15 is 0 Å². The van der Waals surface area contributed by atoms with Crippen LogP contribution in [0.4, 0.5) is 10.9 Å². The summed E-state index contributed by atoms with van der Waals surface area (Å²) in [5.74, 6) is -4.33. The summed E-state index contributed by atoms with van der Waals surface area (Å²) >= 11 is 3.62. The molecule has 1 saturated heterocycles. The van der Waals surface area contributed by atoms with Crippen molar-refractivity contribution in [3.05, 3.63) is 64.9 Å². The Morgan fingerprint density at radius 1 is 1.33 bits per heavy atom. The van der Waals surface area contributed by atoms with Crippen LogP contribution in [0.3, 0.4) is 0 Å². The molecule has 45 heavy (non-hydrogen) atoms. The second-order valence-electron chi connectivity index (χ2n) is 9.66. The predicted molar refractivity (Wildman–Crippen MR) is 162 cm³/mol. The average Bonchev–Trinajstić information content (AvgIpc) is 3.46. The summed E-state index contributed by atoms with van der Waals surface area (Å²) in [5.41, 5.74) is 5.02. The molecule has 2 aromatic heterocycles. The Hall–Kier alpha value is -4.27. The van der Waals surface area contributed by atoms with E-state index in [2.05, 4.69) is 15.5 Å². The van der Waals surface area contributed by atoms with Crippen LogP contribution in [0.2, 0.25) is 0 Å². The lowest BCUT2D eigenvalue weighted by molar-refractivity contribution is -0.698. The number of quaternary nitrogens is 1. The lowest BCUT2D eigenvalue weighted by atomic mass is 10.0. The van der Waals surface area contributed by atoms with Crippen molar-refractivity contribution in [2.24, 2.45) is 5.16 Å². The van der Waals surface area contributed by atoms with Crippen LogP contribution < -0.4 is 20.3 Å². The first kappa shape index (κ1) is 32.1. The molecule has 0 aromatic carbocycles. The van der Waals surface area contributed by atoms with Gasteiger partial charge < -0.3 is 31.2 Å². The molecule has 3 aliphatic heterocycles. The van der Waals surface area contributed by atoms with Crippen LogP contribution in [-0.4, -0.2) is 96.3 Å². The minimum atomic E-state index is -1.46. The van der Waals surface area contributed by atoms with E-state index in [-0.39, 0.29) is 29.0 Å². The number of carbonyl (C=O) groups is 4. The van der Waals surface area contributed by atoms with Crippen molar-refractivity contribution in [1.29, 1.82) is 0 Å². The molecule has 2 amide bonds. The third-order valence-corrected chi connectivity index (χ3v) is 9.96. The Balaban J connectivity index is 1.35. The first-order chi connectivity index (χ1) is 21.5. The maximum absolute atomic E-state index is 13.5. The summed E-state index contributed by atoms with van der Waals surface area (Å²) in [4.78, 5) is 62.3. The van der Waals surface area contributed by atoms with Crippen LogP contribution in [0.1, 0.15) is 0 Å². The number of pyridine rings is 1. The van der Waals surface area contributed by atoms with Crippen LogP contribution in [0, 0.1) is 0 Å². The van der Waals surface area contributed by atoms with Gasteiger partial charge >= 0.3 is 5.97 Å². The van der Waals surface area contributed by atoms with Gasteiger partial charge in [-0.25, -0.2) is 9.36 Å². The van der Waals surface area contributed by atoms with Crippen molar-refractivity contribution in [2.75, 3.05) is 31.0 Å². The van der Waals surface area contributed by atoms with Gasteiger partial charge in [-0.3, -0.25) is 19.3 Å². The van der Waals surface area contributed by atoms with E-state index in [9.17, 15) is 34.6 Å². The fraction of sp³-hybridized carbons (Fsp3) is 0.269. The average molecular weight is 678 g/mol. The van der Waals surface area contributed by atoms with Gasteiger partial charge in [0.05, 0.1) is 11.5 Å². The number of ketones is 1. The fourth-order valence-corrected chi connectivity index (χ4v) is 7.69. The molecule has 3 atom stereocenters. The highest BCUT2D eigenvalue weighted by Crippen LogP contribution is 2.42. The largest absolute Gasteiger partial charge is 0.500 e. The molecule has 5 heterocycles. The monoisotopic (exact) mass is 677 g/mol. The molecule has 0 bridgehead atoms. The number of hydroxylamine groups is 2. The zero-order valence-corrected chi connectivity index (χ0v) is 25.8. The molecule has 0 saturated carbocycles. The summed E-state index contributed by atoms with van der Waals surface area (Å²) in [6.07, 6.45) is 5.12. The number of aliphatic hydroxyl groups is 2. The van der Waals surface area contributed by atoms with E-state index in [1.807, 2.05) is 12.1 Å². The number of aliphatic hydroxyl groups excluding tert-OH is 2. The minimum absolute atomic E-state index is 0.000769. The molecule has 7 N–H and O–H groups in total. The topological polar surface area (TPSA) is 229 Å². The SMILES string of the molecule is CO/N=C(\C(=O)N[C@@H]1C(=O)N2C(C(=O)O)=C(CSc3cc[n+](CCO)cc3)CS[C@H]12)C1=CC(=O)C(O)=C[N+]1(O)c1csc(N)n1. The Kier molecular flexibility index (Phi) is 9.28. The number of oxime groups is 1. The molecule has 236 valence electrons. The number of anilines is 1. The predicted octanol–water partition coefficient (Wildman–Crippen LogP) is 0.101. The van der Waals surface area contributed by atoms with Crippen LogP contribution in [-0.2, 0) is 30.6 Å². The number of aromatic nitrogens is 2. The smallest absolute Gasteiger partial charge is 0.352 e. The van der Waals surface area contributed by atoms with E-state index in [1.165, 1.54) is 28.9 Å². The molecule has 2 aromatic rings. The lowest BCUT2D eigenvalue weighted by Gasteiger charge is -2.49. The molecular weight excluding hydrogens is 651 g/mol. The Morgan fingerprint density at radius 3 is 2.69 bits per heavy atom. The molecule has 19 heteroatoms. The number of fused-ring (bicyclic) bond motifs is 1. The maximum Gasteiger partial charge on any atom is 0.352 e. The number of carboxylic acids is 1. The standard InChI is InChI=1S/C26H25N7O9S3/c1-42-30-19(15-8-16(35)17(36)9-33(15,41)18-12-45-26(27)28-18)22(37)29-20-23(38)32-21(25(39)40)13(11-44-24(20)32)10-43-14-2-4-31(5-3-14)6-7-34/h2-5,8-9,12,20,24,34,41H,6-7,10-11H2,1H3,(H3-2,27,28,29,36,37,39,40)/p+2/b30-19-/t20-,24-,33?/m1/s1. The summed E-state index contributed by atoms with van der Waals surface area (Å²) in [7, 11) is 1.12. The normalized spacial score (nSPS) is 23.2. The lowest BCUT2D eigenvalue weighted by Crippen LogP contribution is -2.71. The first-order valence-corrected chi connectivity index (χ1v) is 16.0. The zero-order valence-electron chi connectivity index (χ0n) is 23.4. The highest BCUT2D eigenvalue weighted by molar-refractivity contribution is 8.01. The minimum Gasteiger partial charge on any atom is -0.500 e. The Bertz CT molecular complexity index is 1690. The van der Waals surface area contributed by atoms with Gasteiger partial charge in [-0.2, -0.15) is 10.2 Å². The number of carbonyl (C=O) groups excluding carboxylic acids is 3. The van der Waals surface area contributed by atoms with Gasteiger partial charge in [-0.1, -0.05) is 21.1 Å². The van der Waals surface area contributed by atoms with Gasteiger partial charge in [0.15, 0.2) is 30.3 Å². The number of β-lactam (4-membered cyclic amide) rings is 1. The summed E-state index contributed by atoms with van der Waals surface area (Å²) in [6, 6.07) is 2.52. The molecule has 3 aliphatic rings. The van der Waals surface area contributed by atoms with Crippen molar-refractivity contribution >= 4 is 75.1 Å². The molecule has 1 unspecified atom stereocenters. The Morgan fingerprint density at radius 2 is 2.07 bits per heavy atom. The Labute approximate surface area is 267 Å². The summed E-state index contributed by atoms with van der Waals surface area (Å²) in [5, 5.41) is 47.5. The van der Waals surface area contributed by atoms with Crippen molar-refractivity contribution < 1.29 is 49.1 Å². The molecule has 0 radical (unpaired) electrons. The van der Waals surface area contributed by atoms with Gasteiger partial charge in [0.1, 0.15) is 30.8 Å². The van der Waals surface area contributed by atoms with Crippen molar-refractivity contribution in [2.45, 2.75) is 22.9 Å². The van der Waals surface area contributed by atoms with E-state index in [4.69, 9.17) is 15.7 Å². The number of hydrogen-bond donors (Lipinski definition) is 6. The third kappa shape index (κ3) is 6.17.